The van der Waals surface area contributed by atoms with Crippen LogP contribution in [0.4, 0.5) is 4.79 Å². The molecule has 3 rings (SSSR count). The van der Waals surface area contributed by atoms with Crippen molar-refractivity contribution in [2.45, 2.75) is 64.5 Å². The lowest BCUT2D eigenvalue weighted by molar-refractivity contribution is 0.170. The van der Waals surface area contributed by atoms with E-state index < -0.39 is 0 Å². The highest BCUT2D eigenvalue weighted by atomic mass is 16.2. The van der Waals surface area contributed by atoms with Gasteiger partial charge in [0.25, 0.3) is 0 Å². The summed E-state index contributed by atoms with van der Waals surface area (Å²) in [6.07, 6.45) is 8.20. The molecular weight excluding hydrogens is 264 g/mol. The van der Waals surface area contributed by atoms with Gasteiger partial charge in [-0.1, -0.05) is 12.8 Å². The van der Waals surface area contributed by atoms with E-state index >= 15 is 0 Å². The number of rotatable bonds is 4. The highest BCUT2D eigenvalue weighted by Gasteiger charge is 2.29. The molecule has 1 fully saturated rings. The average Bonchev–Trinajstić information content (AvgIpc) is 3.16. The van der Waals surface area contributed by atoms with E-state index in [0.29, 0.717) is 19.1 Å². The van der Waals surface area contributed by atoms with Gasteiger partial charge in [-0.2, -0.15) is 5.10 Å². The van der Waals surface area contributed by atoms with Crippen LogP contribution in [0.5, 0.6) is 0 Å². The molecule has 1 heterocycles. The van der Waals surface area contributed by atoms with Crippen molar-refractivity contribution in [1.82, 2.24) is 20.0 Å². The second-order valence-electron chi connectivity index (χ2n) is 6.25. The molecule has 116 valence electrons. The minimum Gasteiger partial charge on any atom is -0.338 e. The van der Waals surface area contributed by atoms with E-state index in [0.717, 1.165) is 31.4 Å². The first kappa shape index (κ1) is 14.4. The predicted octanol–water partition coefficient (Wildman–Crippen LogP) is 2.38. The Morgan fingerprint density at radius 3 is 2.81 bits per heavy atom. The Bertz CT molecular complexity index is 517. The smallest absolute Gasteiger partial charge is 0.317 e. The number of hydrogen-bond donors (Lipinski definition) is 1. The Labute approximate surface area is 126 Å². The van der Waals surface area contributed by atoms with Crippen LogP contribution < -0.4 is 5.32 Å². The summed E-state index contributed by atoms with van der Waals surface area (Å²) in [5, 5.41) is 7.65. The van der Waals surface area contributed by atoms with E-state index in [1.165, 1.54) is 30.5 Å². The summed E-state index contributed by atoms with van der Waals surface area (Å²) in [5.41, 5.74) is 3.88. The van der Waals surface area contributed by atoms with Gasteiger partial charge in [-0.25, -0.2) is 4.79 Å². The number of aryl methyl sites for hydroxylation is 1. The lowest BCUT2D eigenvalue weighted by Crippen LogP contribution is -2.44. The van der Waals surface area contributed by atoms with E-state index in [2.05, 4.69) is 10.4 Å². The predicted molar refractivity (Wildman–Crippen MR) is 82.1 cm³/mol. The number of carbonyl (C=O) groups is 1. The lowest BCUT2D eigenvalue weighted by Gasteiger charge is -2.28. The van der Waals surface area contributed by atoms with Gasteiger partial charge in [-0.15, -0.1) is 0 Å². The van der Waals surface area contributed by atoms with Crippen LogP contribution in [0.15, 0.2) is 0 Å². The van der Waals surface area contributed by atoms with Crippen LogP contribution in [-0.2, 0) is 26.4 Å². The first-order valence-corrected chi connectivity index (χ1v) is 8.28. The summed E-state index contributed by atoms with van der Waals surface area (Å²) < 4.78 is 2.02. The van der Waals surface area contributed by atoms with E-state index in [9.17, 15) is 4.79 Å². The van der Waals surface area contributed by atoms with Gasteiger partial charge in [0.05, 0.1) is 12.2 Å². The minimum atomic E-state index is 0.0711. The monoisotopic (exact) mass is 290 g/mol. The third-order valence-corrected chi connectivity index (χ3v) is 4.87. The maximum Gasteiger partial charge on any atom is 0.317 e. The van der Waals surface area contributed by atoms with Crippen LogP contribution in [0.1, 0.15) is 56.0 Å². The Morgan fingerprint density at radius 2 is 2.10 bits per heavy atom. The molecule has 2 aliphatic rings. The molecule has 0 aromatic carbocycles. The first-order valence-electron chi connectivity index (χ1n) is 8.28. The lowest BCUT2D eigenvalue weighted by atomic mass is 10.1. The van der Waals surface area contributed by atoms with Gasteiger partial charge in [0, 0.05) is 25.3 Å². The normalized spacial score (nSPS) is 18.0. The van der Waals surface area contributed by atoms with Crippen molar-refractivity contribution in [1.29, 1.82) is 0 Å². The molecule has 2 aliphatic carbocycles. The van der Waals surface area contributed by atoms with Crippen molar-refractivity contribution < 1.29 is 4.79 Å². The van der Waals surface area contributed by atoms with Crippen molar-refractivity contribution in [3.8, 4) is 0 Å². The van der Waals surface area contributed by atoms with Gasteiger partial charge >= 0.3 is 6.03 Å². The standard InChI is InChI=1S/C16H26N4O/c1-3-17-16(21)20(12-7-4-5-8-12)11-14-13-9-6-10-15(13)19(2)18-14/h12H,3-11H2,1-2H3,(H,17,21). The number of carbonyl (C=O) groups excluding carboxylic acids is 1. The molecule has 0 atom stereocenters. The fourth-order valence-electron chi connectivity index (χ4n) is 3.82. The Morgan fingerprint density at radius 1 is 1.33 bits per heavy atom. The highest BCUT2D eigenvalue weighted by molar-refractivity contribution is 5.74. The first-order chi connectivity index (χ1) is 10.2. The van der Waals surface area contributed by atoms with Crippen LogP contribution >= 0.6 is 0 Å². The van der Waals surface area contributed by atoms with Gasteiger partial charge in [-0.05, 0) is 44.6 Å². The van der Waals surface area contributed by atoms with Crippen molar-refractivity contribution in [3.05, 3.63) is 17.0 Å². The SMILES string of the molecule is CCNC(=O)N(Cc1nn(C)c2c1CCC2)C1CCCC1. The fourth-order valence-corrected chi connectivity index (χ4v) is 3.82. The Kier molecular flexibility index (Phi) is 4.17. The van der Waals surface area contributed by atoms with E-state index in [-0.39, 0.29) is 6.03 Å². The molecule has 0 radical (unpaired) electrons. The zero-order valence-electron chi connectivity index (χ0n) is 13.2. The molecule has 1 aromatic heterocycles. The quantitative estimate of drug-likeness (QED) is 0.925. The number of fused-ring (bicyclic) bond motifs is 1. The van der Waals surface area contributed by atoms with Gasteiger partial charge < -0.3 is 10.2 Å². The number of aromatic nitrogens is 2. The van der Waals surface area contributed by atoms with Crippen molar-refractivity contribution in [2.24, 2.45) is 7.05 Å². The van der Waals surface area contributed by atoms with Gasteiger partial charge in [0.2, 0.25) is 0 Å². The molecule has 5 heteroatoms. The molecule has 0 bridgehead atoms. The van der Waals surface area contributed by atoms with Gasteiger partial charge in [0.15, 0.2) is 0 Å². The molecule has 0 saturated heterocycles. The third-order valence-electron chi connectivity index (χ3n) is 4.87. The maximum atomic E-state index is 12.4. The van der Waals surface area contributed by atoms with Crippen LogP contribution in [-0.4, -0.2) is 33.3 Å². The molecule has 1 aromatic rings. The summed E-state index contributed by atoms with van der Waals surface area (Å²) in [6, 6.07) is 0.456. The van der Waals surface area contributed by atoms with Crippen LogP contribution in [0.25, 0.3) is 0 Å². The number of nitrogens with one attached hydrogen (secondary N) is 1. The van der Waals surface area contributed by atoms with Crippen LogP contribution in [0.3, 0.4) is 0 Å². The summed E-state index contributed by atoms with van der Waals surface area (Å²) in [6.45, 7) is 3.32. The molecule has 0 spiro atoms. The second-order valence-corrected chi connectivity index (χ2v) is 6.25. The summed E-state index contributed by atoms with van der Waals surface area (Å²) in [7, 11) is 2.03. The number of amides is 2. The molecule has 0 aliphatic heterocycles. The maximum absolute atomic E-state index is 12.4. The van der Waals surface area contributed by atoms with E-state index in [1.54, 1.807) is 0 Å². The van der Waals surface area contributed by atoms with Crippen LogP contribution in [0.2, 0.25) is 0 Å². The van der Waals surface area contributed by atoms with E-state index in [1.807, 2.05) is 23.6 Å². The van der Waals surface area contributed by atoms with Crippen molar-refractivity contribution in [3.63, 3.8) is 0 Å². The number of urea groups is 1. The van der Waals surface area contributed by atoms with Crippen molar-refractivity contribution >= 4 is 6.03 Å². The van der Waals surface area contributed by atoms with Gasteiger partial charge in [0.1, 0.15) is 0 Å². The molecule has 2 amide bonds. The van der Waals surface area contributed by atoms with Crippen molar-refractivity contribution in [2.75, 3.05) is 6.54 Å². The molecular formula is C16H26N4O. The fraction of sp³-hybridized carbons (Fsp3) is 0.750. The zero-order valence-corrected chi connectivity index (χ0v) is 13.2. The zero-order chi connectivity index (χ0) is 14.8. The highest BCUT2D eigenvalue weighted by Crippen LogP contribution is 2.29. The summed E-state index contributed by atoms with van der Waals surface area (Å²) in [4.78, 5) is 14.4. The second kappa shape index (κ2) is 6.08. The number of nitrogens with zero attached hydrogens (tertiary/aromatic N) is 3. The largest absolute Gasteiger partial charge is 0.338 e. The summed E-state index contributed by atoms with van der Waals surface area (Å²) in [5.74, 6) is 0. The molecule has 1 saturated carbocycles. The molecule has 0 unspecified atom stereocenters. The molecule has 1 N–H and O–H groups in total. The Hall–Kier alpha value is -1.52. The Balaban J connectivity index is 1.80. The third kappa shape index (κ3) is 2.78. The molecule has 5 nitrogen and oxygen atoms in total. The van der Waals surface area contributed by atoms with Crippen LogP contribution in [0, 0.1) is 0 Å². The topological polar surface area (TPSA) is 50.2 Å². The average molecular weight is 290 g/mol. The number of hydrogen-bond acceptors (Lipinski definition) is 2. The van der Waals surface area contributed by atoms with E-state index in [4.69, 9.17) is 0 Å². The molecule has 21 heavy (non-hydrogen) atoms. The summed E-state index contributed by atoms with van der Waals surface area (Å²) >= 11 is 0. The minimum absolute atomic E-state index is 0.0711. The van der Waals surface area contributed by atoms with Gasteiger partial charge in [-0.3, -0.25) is 4.68 Å².